The molecular weight excluding hydrogens is 294 g/mol. The first-order valence-electron chi connectivity index (χ1n) is 5.39. The molecule has 0 aliphatic rings. The average Bonchev–Trinajstić information content (AvgIpc) is 2.86. The van der Waals surface area contributed by atoms with Crippen LogP contribution in [0.3, 0.4) is 0 Å². The molecule has 0 radical (unpaired) electrons. The van der Waals surface area contributed by atoms with Crippen molar-refractivity contribution in [3.05, 3.63) is 59.4 Å². The summed E-state index contributed by atoms with van der Waals surface area (Å²) in [4.78, 5) is 11.7. The molecule has 0 aliphatic carbocycles. The molecule has 18 heavy (non-hydrogen) atoms. The molecule has 1 amide bonds. The summed E-state index contributed by atoms with van der Waals surface area (Å²) in [6, 6.07) is 11.3. The first-order chi connectivity index (χ1) is 8.66. The average molecular weight is 306 g/mol. The van der Waals surface area contributed by atoms with E-state index in [0.717, 1.165) is 10.2 Å². The second kappa shape index (κ2) is 5.64. The highest BCUT2D eigenvalue weighted by Gasteiger charge is 2.09. The van der Waals surface area contributed by atoms with Gasteiger partial charge in [-0.1, -0.05) is 40.7 Å². The third kappa shape index (κ3) is 3.07. The van der Waals surface area contributed by atoms with E-state index >= 15 is 0 Å². The summed E-state index contributed by atoms with van der Waals surface area (Å²) in [5, 5.41) is 6.92. The lowest BCUT2D eigenvalue weighted by Crippen LogP contribution is -2.24. The van der Waals surface area contributed by atoms with E-state index in [1.807, 2.05) is 30.3 Å². The number of nitrogens with zero attached hydrogens (tertiary/aromatic N) is 2. The van der Waals surface area contributed by atoms with Crippen LogP contribution in [-0.2, 0) is 0 Å². The number of aromatic nitrogens is 2. The Morgan fingerprint density at radius 2 is 2.06 bits per heavy atom. The Morgan fingerprint density at radius 1 is 1.33 bits per heavy atom. The normalized spacial score (nSPS) is 10.1. The minimum Gasteiger partial charge on any atom is -0.346 e. The summed E-state index contributed by atoms with van der Waals surface area (Å²) >= 11 is 3.18. The lowest BCUT2D eigenvalue weighted by atomic mass is 10.3. The van der Waals surface area contributed by atoms with E-state index in [4.69, 9.17) is 0 Å². The summed E-state index contributed by atoms with van der Waals surface area (Å²) in [7, 11) is 0. The van der Waals surface area contributed by atoms with Crippen molar-refractivity contribution in [2.45, 2.75) is 0 Å². The molecule has 4 nitrogen and oxygen atoms in total. The van der Waals surface area contributed by atoms with Gasteiger partial charge in [0, 0.05) is 17.2 Å². The number of amides is 1. The first kappa shape index (κ1) is 12.6. The Kier molecular flexibility index (Phi) is 3.94. The number of benzene rings is 1. The van der Waals surface area contributed by atoms with Gasteiger partial charge in [-0.2, -0.15) is 5.10 Å². The number of hydrogen-bond acceptors (Lipinski definition) is 2. The van der Waals surface area contributed by atoms with Gasteiger partial charge in [0.05, 0.1) is 5.69 Å². The van der Waals surface area contributed by atoms with Crippen molar-refractivity contribution in [1.82, 2.24) is 15.1 Å². The number of para-hydroxylation sites is 1. The van der Waals surface area contributed by atoms with Gasteiger partial charge in [-0.15, -0.1) is 0 Å². The molecule has 0 spiro atoms. The summed E-state index contributed by atoms with van der Waals surface area (Å²) in [5.41, 5.74) is 1.30. The van der Waals surface area contributed by atoms with Gasteiger partial charge in [0.1, 0.15) is 0 Å². The highest BCUT2D eigenvalue weighted by molar-refractivity contribution is 9.11. The molecule has 92 valence electrons. The van der Waals surface area contributed by atoms with Crippen LogP contribution >= 0.6 is 15.9 Å². The highest BCUT2D eigenvalue weighted by Crippen LogP contribution is 2.07. The van der Waals surface area contributed by atoms with Crippen LogP contribution in [-0.4, -0.2) is 22.2 Å². The standard InChI is InChI=1S/C13H12BrN3O/c1-10(14)9-15-13(18)12-7-8-17(16-12)11-5-3-2-4-6-11/h2-8H,1,9H2,(H,15,18). The SMILES string of the molecule is C=C(Br)CNC(=O)c1ccn(-c2ccccc2)n1. The van der Waals surface area contributed by atoms with E-state index in [1.54, 1.807) is 16.9 Å². The van der Waals surface area contributed by atoms with E-state index in [0.29, 0.717) is 12.2 Å². The Balaban J connectivity index is 2.11. The van der Waals surface area contributed by atoms with Crippen molar-refractivity contribution in [2.75, 3.05) is 6.54 Å². The van der Waals surface area contributed by atoms with Gasteiger partial charge in [-0.05, 0) is 18.2 Å². The number of hydrogen-bond donors (Lipinski definition) is 1. The molecule has 1 aromatic carbocycles. The van der Waals surface area contributed by atoms with E-state index in [2.05, 4.69) is 32.9 Å². The van der Waals surface area contributed by atoms with Gasteiger partial charge < -0.3 is 5.32 Å². The zero-order chi connectivity index (χ0) is 13.0. The van der Waals surface area contributed by atoms with Gasteiger partial charge >= 0.3 is 0 Å². The molecule has 1 heterocycles. The molecule has 1 N–H and O–H groups in total. The number of carbonyl (C=O) groups is 1. The van der Waals surface area contributed by atoms with Crippen molar-refractivity contribution in [3.63, 3.8) is 0 Å². The summed E-state index contributed by atoms with van der Waals surface area (Å²) in [6.45, 7) is 4.04. The molecule has 0 atom stereocenters. The Labute approximate surface area is 113 Å². The van der Waals surface area contributed by atoms with E-state index in [1.165, 1.54) is 0 Å². The summed E-state index contributed by atoms with van der Waals surface area (Å²) < 4.78 is 2.39. The van der Waals surface area contributed by atoms with Gasteiger partial charge in [0.2, 0.25) is 0 Å². The molecule has 0 fully saturated rings. The van der Waals surface area contributed by atoms with E-state index in [9.17, 15) is 4.79 Å². The van der Waals surface area contributed by atoms with Crippen LogP contribution in [0.1, 0.15) is 10.5 Å². The summed E-state index contributed by atoms with van der Waals surface area (Å²) in [6.07, 6.45) is 1.76. The van der Waals surface area contributed by atoms with Crippen LogP contribution in [0.5, 0.6) is 0 Å². The van der Waals surface area contributed by atoms with E-state index < -0.39 is 0 Å². The van der Waals surface area contributed by atoms with Crippen LogP contribution < -0.4 is 5.32 Å². The monoisotopic (exact) mass is 305 g/mol. The fraction of sp³-hybridized carbons (Fsp3) is 0.0769. The van der Waals surface area contributed by atoms with Crippen molar-refractivity contribution < 1.29 is 4.79 Å². The number of nitrogens with one attached hydrogen (secondary N) is 1. The molecule has 0 unspecified atom stereocenters. The van der Waals surface area contributed by atoms with Gasteiger partial charge in [0.15, 0.2) is 5.69 Å². The molecule has 2 aromatic rings. The van der Waals surface area contributed by atoms with Crippen molar-refractivity contribution in [1.29, 1.82) is 0 Å². The smallest absolute Gasteiger partial charge is 0.272 e. The quantitative estimate of drug-likeness (QED) is 0.943. The van der Waals surface area contributed by atoms with Crippen LogP contribution in [0.4, 0.5) is 0 Å². The topological polar surface area (TPSA) is 46.9 Å². The molecule has 1 aromatic heterocycles. The molecule has 0 bridgehead atoms. The number of rotatable bonds is 4. The van der Waals surface area contributed by atoms with E-state index in [-0.39, 0.29) is 5.91 Å². The molecule has 0 saturated carbocycles. The Bertz CT molecular complexity index is 563. The Hall–Kier alpha value is -1.88. The molecule has 2 rings (SSSR count). The van der Waals surface area contributed by atoms with Crippen LogP contribution in [0, 0.1) is 0 Å². The van der Waals surface area contributed by atoms with Gasteiger partial charge in [0.25, 0.3) is 5.91 Å². The minimum atomic E-state index is -0.217. The fourth-order valence-electron chi connectivity index (χ4n) is 1.44. The molecular formula is C13H12BrN3O. The third-order valence-corrected chi connectivity index (χ3v) is 2.56. The van der Waals surface area contributed by atoms with Gasteiger partial charge in [-0.25, -0.2) is 4.68 Å². The van der Waals surface area contributed by atoms with Crippen molar-refractivity contribution in [2.24, 2.45) is 0 Å². The van der Waals surface area contributed by atoms with Crippen LogP contribution in [0.25, 0.3) is 5.69 Å². The fourth-order valence-corrected chi connectivity index (χ4v) is 1.58. The lowest BCUT2D eigenvalue weighted by Gasteiger charge is -2.01. The maximum absolute atomic E-state index is 11.7. The maximum atomic E-state index is 11.7. The predicted octanol–water partition coefficient (Wildman–Crippen LogP) is 2.51. The lowest BCUT2D eigenvalue weighted by molar-refractivity contribution is 0.0952. The van der Waals surface area contributed by atoms with Gasteiger partial charge in [-0.3, -0.25) is 4.79 Å². The molecule has 0 aliphatic heterocycles. The number of carbonyl (C=O) groups excluding carboxylic acids is 1. The van der Waals surface area contributed by atoms with Crippen LogP contribution in [0.15, 0.2) is 53.7 Å². The second-order valence-corrected chi connectivity index (χ2v) is 4.80. The Morgan fingerprint density at radius 3 is 2.72 bits per heavy atom. The first-order valence-corrected chi connectivity index (χ1v) is 6.18. The molecule has 0 saturated heterocycles. The molecule has 5 heteroatoms. The minimum absolute atomic E-state index is 0.217. The third-order valence-electron chi connectivity index (χ3n) is 2.28. The van der Waals surface area contributed by atoms with Crippen molar-refractivity contribution in [3.8, 4) is 5.69 Å². The largest absolute Gasteiger partial charge is 0.346 e. The zero-order valence-electron chi connectivity index (χ0n) is 9.64. The van der Waals surface area contributed by atoms with Crippen molar-refractivity contribution >= 4 is 21.8 Å². The second-order valence-electron chi connectivity index (χ2n) is 3.68. The maximum Gasteiger partial charge on any atom is 0.272 e. The number of halogens is 1. The highest BCUT2D eigenvalue weighted by atomic mass is 79.9. The summed E-state index contributed by atoms with van der Waals surface area (Å²) in [5.74, 6) is -0.217. The van der Waals surface area contributed by atoms with Crippen LogP contribution in [0.2, 0.25) is 0 Å². The predicted molar refractivity (Wildman–Crippen MR) is 74.0 cm³/mol. The zero-order valence-corrected chi connectivity index (χ0v) is 11.2.